The van der Waals surface area contributed by atoms with Crippen LogP contribution in [-0.2, 0) is 10.9 Å². The van der Waals surface area contributed by atoms with Crippen LogP contribution in [0.25, 0.3) is 0 Å². The van der Waals surface area contributed by atoms with Gasteiger partial charge in [-0.3, -0.25) is 0 Å². The molecule has 0 radical (unpaired) electrons. The molecule has 0 aromatic heterocycles. The van der Waals surface area contributed by atoms with Gasteiger partial charge in [-0.2, -0.15) is 30.7 Å². The summed E-state index contributed by atoms with van der Waals surface area (Å²) in [7, 11) is 0.421. The van der Waals surface area contributed by atoms with Gasteiger partial charge in [0.05, 0.1) is 0 Å². The smallest absolute Gasteiger partial charge is 0.203 e. The van der Waals surface area contributed by atoms with E-state index < -0.39 is 24.4 Å². The van der Waals surface area contributed by atoms with E-state index in [0.29, 0.717) is 10.9 Å². The number of alkyl halides is 9. The number of benzene rings is 1. The van der Waals surface area contributed by atoms with E-state index in [1.165, 1.54) is 4.90 Å². The molecule has 1 aromatic rings. The van der Waals surface area contributed by atoms with Crippen molar-refractivity contribution in [2.24, 2.45) is 0 Å². The van der Waals surface area contributed by atoms with E-state index in [4.69, 9.17) is 0 Å². The molecule has 0 atom stereocenters. The zero-order valence-corrected chi connectivity index (χ0v) is 12.1. The summed E-state index contributed by atoms with van der Waals surface area (Å²) in [6.45, 7) is 0. The lowest BCUT2D eigenvalue weighted by molar-refractivity contribution is -0.375. The first-order valence-electron chi connectivity index (χ1n) is 5.48. The quantitative estimate of drug-likeness (QED) is 0.526. The predicted molar refractivity (Wildman–Crippen MR) is 65.9 cm³/mol. The highest BCUT2D eigenvalue weighted by Gasteiger charge is 2.76. The fourth-order valence-corrected chi connectivity index (χ4v) is 1.72. The Morgan fingerprint density at radius 3 is 1.41 bits per heavy atom. The third kappa shape index (κ3) is 4.99. The van der Waals surface area contributed by atoms with E-state index in [-0.39, 0.29) is 0 Å². The maximum Gasteiger partial charge on any atom is 0.460 e. The highest BCUT2D eigenvalue weighted by Crippen LogP contribution is 2.48. The first-order valence-corrected chi connectivity index (χ1v) is 7.52. The predicted octanol–water partition coefficient (Wildman–Crippen LogP) is 5.01. The van der Waals surface area contributed by atoms with Gasteiger partial charge in [-0.15, -0.1) is 0 Å². The normalized spacial score (nSPS) is 13.1. The third-order valence-electron chi connectivity index (χ3n) is 2.26. The first-order chi connectivity index (χ1) is 9.75. The summed E-state index contributed by atoms with van der Waals surface area (Å²) in [5, 5.41) is 0. The van der Waals surface area contributed by atoms with E-state index in [2.05, 4.69) is 42.8 Å². The van der Waals surface area contributed by atoms with Gasteiger partial charge < -0.3 is 0 Å². The lowest BCUT2D eigenvalue weighted by Gasteiger charge is -2.27. The summed E-state index contributed by atoms with van der Waals surface area (Å²) < 4.78 is 102. The molecule has 22 heavy (non-hydrogen) atoms. The Morgan fingerprint density at radius 1 is 0.818 bits per heavy atom. The maximum absolute atomic E-state index is 11.6. The molecule has 0 fully saturated rings. The van der Waals surface area contributed by atoms with Gasteiger partial charge in [0, 0.05) is 10.9 Å². The second-order valence-corrected chi connectivity index (χ2v) is 6.23. The first kappa shape index (κ1) is 20.9. The van der Waals surface area contributed by atoms with Crippen molar-refractivity contribution in [3.63, 3.8) is 0 Å². The molecule has 1 aromatic carbocycles. The van der Waals surface area contributed by atoms with Crippen molar-refractivity contribution >= 4 is 10.9 Å². The second-order valence-electron chi connectivity index (χ2n) is 4.13. The molecule has 0 amide bonds. The summed E-state index contributed by atoms with van der Waals surface area (Å²) in [5.74, 6) is -13.1. The van der Waals surface area contributed by atoms with E-state index in [1.54, 1.807) is 0 Å². The number of hydrogen-bond acceptors (Lipinski definition) is 0. The average Bonchev–Trinajstić information content (AvgIpc) is 2.38. The Bertz CT molecular complexity index is 440. The SMILES string of the molecule is C[S+](C)c1ccccc1.FC(F)C(F)(F)C(F)(F)C(F)(F)F. The maximum atomic E-state index is 11.6. The van der Waals surface area contributed by atoms with E-state index in [0.717, 1.165) is 0 Å². The molecule has 0 heterocycles. The lowest BCUT2D eigenvalue weighted by Crippen LogP contribution is -2.55. The molecular formula is C12H12F9S+. The van der Waals surface area contributed by atoms with E-state index >= 15 is 0 Å². The summed E-state index contributed by atoms with van der Waals surface area (Å²) in [5.41, 5.74) is 0. The topological polar surface area (TPSA) is 0 Å². The lowest BCUT2D eigenvalue weighted by atomic mass is 10.2. The van der Waals surface area contributed by atoms with E-state index in [1.807, 2.05) is 0 Å². The fourth-order valence-electron chi connectivity index (χ4n) is 1.02. The molecule has 0 aliphatic heterocycles. The van der Waals surface area contributed by atoms with Crippen LogP contribution in [0.5, 0.6) is 0 Å². The van der Waals surface area contributed by atoms with Crippen LogP contribution in [0.15, 0.2) is 35.2 Å². The Hall–Kier alpha value is -1.06. The van der Waals surface area contributed by atoms with Gasteiger partial charge >= 0.3 is 24.4 Å². The molecule has 0 aliphatic carbocycles. The molecule has 0 spiro atoms. The zero-order chi connectivity index (χ0) is 17.8. The fraction of sp³-hybridized carbons (Fsp3) is 0.500. The number of rotatable bonds is 3. The molecule has 128 valence electrons. The Kier molecular flexibility index (Phi) is 7.11. The molecule has 0 saturated carbocycles. The summed E-state index contributed by atoms with van der Waals surface area (Å²) in [6, 6.07) is 10.6. The highest BCUT2D eigenvalue weighted by atomic mass is 32.2. The van der Waals surface area contributed by atoms with Crippen LogP contribution in [0.4, 0.5) is 39.5 Å². The van der Waals surface area contributed by atoms with Crippen molar-refractivity contribution in [2.45, 2.75) is 29.3 Å². The molecule has 0 bridgehead atoms. The van der Waals surface area contributed by atoms with Crippen molar-refractivity contribution in [3.05, 3.63) is 30.3 Å². The largest absolute Gasteiger partial charge is 0.460 e. The highest BCUT2D eigenvalue weighted by molar-refractivity contribution is 7.95. The van der Waals surface area contributed by atoms with Crippen LogP contribution in [0.2, 0.25) is 0 Å². The van der Waals surface area contributed by atoms with Gasteiger partial charge in [0.2, 0.25) is 0 Å². The number of hydrogen-bond donors (Lipinski definition) is 0. The minimum absolute atomic E-state index is 0.421. The van der Waals surface area contributed by atoms with E-state index in [9.17, 15) is 39.5 Å². The van der Waals surface area contributed by atoms with Crippen molar-refractivity contribution in [1.29, 1.82) is 0 Å². The zero-order valence-electron chi connectivity index (χ0n) is 11.3. The molecule has 0 saturated heterocycles. The molecule has 10 heteroatoms. The van der Waals surface area contributed by atoms with Gasteiger partial charge in [-0.1, -0.05) is 18.2 Å². The number of halogens is 9. The summed E-state index contributed by atoms with van der Waals surface area (Å²) in [4.78, 5) is 1.44. The monoisotopic (exact) mass is 359 g/mol. The van der Waals surface area contributed by atoms with Crippen LogP contribution < -0.4 is 0 Å². The molecule has 0 aliphatic rings. The van der Waals surface area contributed by atoms with Crippen LogP contribution in [0.3, 0.4) is 0 Å². The van der Waals surface area contributed by atoms with Crippen LogP contribution in [-0.4, -0.2) is 37.0 Å². The van der Waals surface area contributed by atoms with Crippen molar-refractivity contribution in [1.82, 2.24) is 0 Å². The molecular weight excluding hydrogens is 347 g/mol. The van der Waals surface area contributed by atoms with Crippen molar-refractivity contribution in [3.8, 4) is 0 Å². The van der Waals surface area contributed by atoms with Gasteiger partial charge in [0.1, 0.15) is 12.5 Å². The minimum atomic E-state index is -6.73. The Balaban J connectivity index is 0.000000425. The summed E-state index contributed by atoms with van der Waals surface area (Å²) >= 11 is 0. The minimum Gasteiger partial charge on any atom is -0.203 e. The van der Waals surface area contributed by atoms with Gasteiger partial charge in [-0.05, 0) is 12.1 Å². The van der Waals surface area contributed by atoms with Crippen molar-refractivity contribution in [2.75, 3.05) is 12.5 Å². The van der Waals surface area contributed by atoms with Crippen LogP contribution in [0.1, 0.15) is 0 Å². The second kappa shape index (κ2) is 7.47. The molecule has 1 rings (SSSR count). The van der Waals surface area contributed by atoms with Crippen molar-refractivity contribution < 1.29 is 39.5 Å². The van der Waals surface area contributed by atoms with Crippen LogP contribution in [0, 0.1) is 0 Å². The summed E-state index contributed by atoms with van der Waals surface area (Å²) in [6.07, 6.45) is -7.32. The van der Waals surface area contributed by atoms with Gasteiger partial charge in [0.25, 0.3) is 0 Å². The standard InChI is InChI=1S/C8H11S.C4HF9/c1-9(2)8-6-4-3-5-7-8;5-1(6)2(7,8)3(9,10)4(11,12)13/h3-7H,1-2H3;1H/q+1;. The Labute approximate surface area is 123 Å². The molecule has 0 nitrogen and oxygen atoms in total. The average molecular weight is 359 g/mol. The third-order valence-corrected chi connectivity index (χ3v) is 3.48. The molecule has 0 unspecified atom stereocenters. The van der Waals surface area contributed by atoms with Crippen LogP contribution >= 0.6 is 0 Å². The Morgan fingerprint density at radius 2 is 1.23 bits per heavy atom. The van der Waals surface area contributed by atoms with Gasteiger partial charge in [0.15, 0.2) is 4.90 Å². The van der Waals surface area contributed by atoms with Gasteiger partial charge in [-0.25, -0.2) is 8.78 Å². The molecule has 0 N–H and O–H groups in total.